The van der Waals surface area contributed by atoms with E-state index in [0.29, 0.717) is 13.0 Å². The second-order valence-corrected chi connectivity index (χ2v) is 2.94. The van der Waals surface area contributed by atoms with Gasteiger partial charge in [0.2, 0.25) is 0 Å². The average molecular weight is 170 g/mol. The van der Waals surface area contributed by atoms with Crippen LogP contribution >= 0.6 is 0 Å². The minimum absolute atomic E-state index is 0.273. The summed E-state index contributed by atoms with van der Waals surface area (Å²) in [6, 6.07) is 0.273. The Morgan fingerprint density at radius 3 is 2.33 bits per heavy atom. The van der Waals surface area contributed by atoms with Gasteiger partial charge < -0.3 is 4.74 Å². The zero-order chi connectivity index (χ0) is 9.56. The van der Waals surface area contributed by atoms with Crippen LogP contribution in [0.3, 0.4) is 0 Å². The number of rotatable bonds is 5. The summed E-state index contributed by atoms with van der Waals surface area (Å²) in [6.45, 7) is 0.666. The molecule has 0 bridgehead atoms. The van der Waals surface area contributed by atoms with Gasteiger partial charge in [0.15, 0.2) is 0 Å². The molecule has 0 heterocycles. The van der Waals surface area contributed by atoms with E-state index in [4.69, 9.17) is 11.2 Å². The number of methoxy groups -OCH3 is 1. The van der Waals surface area contributed by atoms with E-state index in [0.717, 1.165) is 0 Å². The predicted molar refractivity (Wildman–Crippen MR) is 50.6 cm³/mol. The molecule has 3 heteroatoms. The third-order valence-corrected chi connectivity index (χ3v) is 1.87. The van der Waals surface area contributed by atoms with Crippen LogP contribution in [0.25, 0.3) is 0 Å². The fourth-order valence-electron chi connectivity index (χ4n) is 0.954. The topological polar surface area (TPSA) is 15.7 Å². The van der Waals surface area contributed by atoms with Gasteiger partial charge in [0.25, 0.3) is 0 Å². The molecule has 0 aromatic carbocycles. The third kappa shape index (κ3) is 3.72. The molecular formula is C9H18N2O. The van der Waals surface area contributed by atoms with E-state index in [1.54, 1.807) is 7.11 Å². The minimum Gasteiger partial charge on any atom is -0.383 e. The van der Waals surface area contributed by atoms with E-state index in [9.17, 15) is 0 Å². The molecule has 0 radical (unpaired) electrons. The molecule has 0 aromatic rings. The van der Waals surface area contributed by atoms with E-state index in [1.165, 1.54) is 0 Å². The fraction of sp³-hybridized carbons (Fsp3) is 0.778. The van der Waals surface area contributed by atoms with Gasteiger partial charge in [-0.25, -0.2) is 10.0 Å². The first-order chi connectivity index (χ1) is 5.63. The quantitative estimate of drug-likeness (QED) is 0.439. The van der Waals surface area contributed by atoms with E-state index < -0.39 is 0 Å². The summed E-state index contributed by atoms with van der Waals surface area (Å²) in [5.41, 5.74) is 0. The van der Waals surface area contributed by atoms with Crippen molar-refractivity contribution in [1.29, 1.82) is 0 Å². The van der Waals surface area contributed by atoms with Gasteiger partial charge in [-0.05, 0) is 0 Å². The summed E-state index contributed by atoms with van der Waals surface area (Å²) < 4.78 is 5.06. The van der Waals surface area contributed by atoms with Gasteiger partial charge >= 0.3 is 0 Å². The summed E-state index contributed by atoms with van der Waals surface area (Å²) >= 11 is 0. The first-order valence-corrected chi connectivity index (χ1v) is 3.96. The van der Waals surface area contributed by atoms with Crippen molar-refractivity contribution >= 4 is 0 Å². The van der Waals surface area contributed by atoms with Crippen LogP contribution in [0.15, 0.2) is 0 Å². The fourth-order valence-corrected chi connectivity index (χ4v) is 0.954. The van der Waals surface area contributed by atoms with Crippen LogP contribution < -0.4 is 0 Å². The second kappa shape index (κ2) is 6.01. The molecule has 0 aliphatic heterocycles. The maximum Gasteiger partial charge on any atom is 0.0641 e. The number of hydrogen-bond acceptors (Lipinski definition) is 3. The summed E-state index contributed by atoms with van der Waals surface area (Å²) in [5, 5.41) is 4.07. The Bertz CT molecular complexity index is 151. The lowest BCUT2D eigenvalue weighted by Gasteiger charge is -2.31. The molecule has 0 aliphatic carbocycles. The van der Waals surface area contributed by atoms with Crippen molar-refractivity contribution in [3.05, 3.63) is 0 Å². The van der Waals surface area contributed by atoms with Crippen LogP contribution in [0.5, 0.6) is 0 Å². The van der Waals surface area contributed by atoms with Gasteiger partial charge in [-0.1, -0.05) is 0 Å². The largest absolute Gasteiger partial charge is 0.383 e. The highest BCUT2D eigenvalue weighted by Gasteiger charge is 2.14. The van der Waals surface area contributed by atoms with Crippen LogP contribution in [0, 0.1) is 12.3 Å². The number of hydrogen-bond donors (Lipinski definition) is 0. The third-order valence-electron chi connectivity index (χ3n) is 1.87. The van der Waals surface area contributed by atoms with Crippen LogP contribution in [-0.2, 0) is 4.74 Å². The summed E-state index contributed by atoms with van der Waals surface area (Å²) in [4.78, 5) is 0. The van der Waals surface area contributed by atoms with E-state index >= 15 is 0 Å². The molecule has 3 nitrogen and oxygen atoms in total. The highest BCUT2D eigenvalue weighted by atomic mass is 16.5. The molecule has 0 rings (SSSR count). The SMILES string of the molecule is C#CCC(COC)N(C)N(C)C. The van der Waals surface area contributed by atoms with Gasteiger partial charge in [0.05, 0.1) is 12.6 Å². The van der Waals surface area contributed by atoms with Crippen LogP contribution in [-0.4, -0.2) is 50.9 Å². The number of likely N-dealkylation sites (N-methyl/N-ethyl adjacent to an activating group) is 1. The maximum absolute atomic E-state index is 5.25. The van der Waals surface area contributed by atoms with Gasteiger partial charge in [0, 0.05) is 34.7 Å². The molecule has 0 spiro atoms. The predicted octanol–water partition coefficient (Wildman–Crippen LogP) is 0.433. The number of hydrazine groups is 1. The van der Waals surface area contributed by atoms with Crippen LogP contribution in [0.1, 0.15) is 6.42 Å². The molecule has 0 aromatic heterocycles. The molecule has 0 aliphatic rings. The highest BCUT2D eigenvalue weighted by Crippen LogP contribution is 2.02. The zero-order valence-corrected chi connectivity index (χ0v) is 8.37. The van der Waals surface area contributed by atoms with Crippen LogP contribution in [0.2, 0.25) is 0 Å². The van der Waals surface area contributed by atoms with E-state index in [1.807, 2.05) is 26.2 Å². The highest BCUT2D eigenvalue weighted by molar-refractivity contribution is 4.89. The lowest BCUT2D eigenvalue weighted by atomic mass is 10.2. The maximum atomic E-state index is 5.25. The monoisotopic (exact) mass is 170 g/mol. The number of terminal acetylenes is 1. The second-order valence-electron chi connectivity index (χ2n) is 2.94. The Hall–Kier alpha value is -0.560. The van der Waals surface area contributed by atoms with Crippen molar-refractivity contribution in [2.75, 3.05) is 34.9 Å². The van der Waals surface area contributed by atoms with Gasteiger partial charge in [0.1, 0.15) is 0 Å². The number of nitrogens with zero attached hydrogens (tertiary/aromatic N) is 2. The lowest BCUT2D eigenvalue weighted by Crippen LogP contribution is -2.43. The molecular weight excluding hydrogens is 152 g/mol. The Morgan fingerprint density at radius 2 is 2.00 bits per heavy atom. The van der Waals surface area contributed by atoms with Crippen molar-refractivity contribution in [3.63, 3.8) is 0 Å². The van der Waals surface area contributed by atoms with Gasteiger partial charge in [-0.15, -0.1) is 12.3 Å². The molecule has 0 saturated carbocycles. The molecule has 0 saturated heterocycles. The summed E-state index contributed by atoms with van der Waals surface area (Å²) in [7, 11) is 7.66. The Morgan fingerprint density at radius 1 is 1.42 bits per heavy atom. The summed E-state index contributed by atoms with van der Waals surface area (Å²) in [5.74, 6) is 2.64. The van der Waals surface area contributed by atoms with E-state index in [-0.39, 0.29) is 6.04 Å². The molecule has 70 valence electrons. The minimum atomic E-state index is 0.273. The Balaban J connectivity index is 4.00. The van der Waals surface area contributed by atoms with Crippen molar-refractivity contribution in [2.24, 2.45) is 0 Å². The van der Waals surface area contributed by atoms with Gasteiger partial charge in [-0.2, -0.15) is 0 Å². The average Bonchev–Trinajstić information content (AvgIpc) is 2.03. The molecule has 0 amide bonds. The van der Waals surface area contributed by atoms with E-state index in [2.05, 4.69) is 10.9 Å². The van der Waals surface area contributed by atoms with Crippen molar-refractivity contribution in [2.45, 2.75) is 12.5 Å². The summed E-state index contributed by atoms with van der Waals surface area (Å²) in [6.07, 6.45) is 5.96. The first-order valence-electron chi connectivity index (χ1n) is 3.96. The Labute approximate surface area is 75.3 Å². The molecule has 0 N–H and O–H groups in total. The van der Waals surface area contributed by atoms with Crippen molar-refractivity contribution < 1.29 is 4.74 Å². The zero-order valence-electron chi connectivity index (χ0n) is 8.37. The molecule has 0 fully saturated rings. The van der Waals surface area contributed by atoms with Gasteiger partial charge in [-0.3, -0.25) is 0 Å². The number of ether oxygens (including phenoxy) is 1. The standard InChI is InChI=1S/C9H18N2O/c1-6-7-9(8-12-5)11(4)10(2)3/h1,9H,7-8H2,2-5H3. The Kier molecular flexibility index (Phi) is 5.73. The van der Waals surface area contributed by atoms with Crippen molar-refractivity contribution in [3.8, 4) is 12.3 Å². The smallest absolute Gasteiger partial charge is 0.0641 e. The normalized spacial score (nSPS) is 13.4. The van der Waals surface area contributed by atoms with Crippen LogP contribution in [0.4, 0.5) is 0 Å². The first kappa shape index (κ1) is 11.4. The lowest BCUT2D eigenvalue weighted by molar-refractivity contribution is -0.0195. The molecule has 1 unspecified atom stereocenters. The molecule has 1 atom stereocenters. The van der Waals surface area contributed by atoms with Crippen molar-refractivity contribution in [1.82, 2.24) is 10.0 Å². The molecule has 12 heavy (non-hydrogen) atoms.